The predicted octanol–water partition coefficient (Wildman–Crippen LogP) is 9.08. The number of hydrogen-bond acceptors (Lipinski definition) is 4. The molecule has 0 amide bonds. The molecule has 182 valence electrons. The quantitative estimate of drug-likeness (QED) is 0.243. The molecule has 0 unspecified atom stereocenters. The van der Waals surface area contributed by atoms with E-state index in [9.17, 15) is 0 Å². The summed E-state index contributed by atoms with van der Waals surface area (Å²) in [6, 6.07) is 43.4. The molecule has 0 bridgehead atoms. The first-order chi connectivity index (χ1) is 19.3. The summed E-state index contributed by atoms with van der Waals surface area (Å²) >= 11 is 0. The largest absolute Gasteiger partial charge is 0.455 e. The highest BCUT2D eigenvalue weighted by Gasteiger charge is 2.18. The van der Waals surface area contributed by atoms with Crippen molar-refractivity contribution in [2.45, 2.75) is 0 Å². The van der Waals surface area contributed by atoms with Gasteiger partial charge in [-0.1, -0.05) is 109 Å². The van der Waals surface area contributed by atoms with E-state index in [4.69, 9.17) is 19.4 Å². The maximum absolute atomic E-state index is 6.43. The van der Waals surface area contributed by atoms with Crippen molar-refractivity contribution in [1.29, 1.82) is 0 Å². The molecule has 0 aliphatic carbocycles. The predicted molar refractivity (Wildman–Crippen MR) is 158 cm³/mol. The van der Waals surface area contributed by atoms with Crippen LogP contribution in [0.4, 0.5) is 0 Å². The van der Waals surface area contributed by atoms with Crippen molar-refractivity contribution in [3.63, 3.8) is 0 Å². The number of aromatic nitrogens is 3. The van der Waals surface area contributed by atoms with Crippen LogP contribution in [0.5, 0.6) is 0 Å². The van der Waals surface area contributed by atoms with Gasteiger partial charge in [0.25, 0.3) is 0 Å². The maximum atomic E-state index is 6.43. The third-order valence-corrected chi connectivity index (χ3v) is 7.30. The van der Waals surface area contributed by atoms with E-state index in [1.165, 1.54) is 5.39 Å². The minimum atomic E-state index is 0.616. The fourth-order valence-electron chi connectivity index (χ4n) is 5.41. The minimum absolute atomic E-state index is 0.616. The van der Waals surface area contributed by atoms with Gasteiger partial charge in [-0.05, 0) is 34.4 Å². The van der Waals surface area contributed by atoms with Crippen LogP contribution in [0.3, 0.4) is 0 Å². The Morgan fingerprint density at radius 2 is 1.13 bits per heavy atom. The van der Waals surface area contributed by atoms with Gasteiger partial charge in [0.1, 0.15) is 11.2 Å². The molecule has 2 aromatic heterocycles. The van der Waals surface area contributed by atoms with E-state index in [1.807, 2.05) is 54.6 Å². The van der Waals surface area contributed by atoms with Crippen LogP contribution in [-0.2, 0) is 0 Å². The van der Waals surface area contributed by atoms with E-state index in [-0.39, 0.29) is 0 Å². The zero-order valence-electron chi connectivity index (χ0n) is 20.9. The van der Waals surface area contributed by atoms with Crippen molar-refractivity contribution in [3.8, 4) is 34.2 Å². The van der Waals surface area contributed by atoms with Crippen molar-refractivity contribution in [3.05, 3.63) is 127 Å². The Balaban J connectivity index is 1.43. The average molecular weight is 500 g/mol. The van der Waals surface area contributed by atoms with Gasteiger partial charge in [-0.15, -0.1) is 0 Å². The van der Waals surface area contributed by atoms with Crippen LogP contribution in [-0.4, -0.2) is 15.0 Å². The van der Waals surface area contributed by atoms with E-state index in [2.05, 4.69) is 72.8 Å². The van der Waals surface area contributed by atoms with Crippen molar-refractivity contribution in [1.82, 2.24) is 15.0 Å². The van der Waals surface area contributed by atoms with Crippen molar-refractivity contribution in [2.75, 3.05) is 0 Å². The second kappa shape index (κ2) is 8.61. The number of nitrogens with zero attached hydrogens (tertiary/aromatic N) is 3. The van der Waals surface area contributed by atoms with Gasteiger partial charge in [0.15, 0.2) is 17.5 Å². The molecular formula is C35H21N3O. The van der Waals surface area contributed by atoms with Gasteiger partial charge in [-0.25, -0.2) is 15.0 Å². The molecule has 6 aromatic carbocycles. The van der Waals surface area contributed by atoms with Crippen LogP contribution in [0.1, 0.15) is 0 Å². The fourth-order valence-corrected chi connectivity index (χ4v) is 5.41. The van der Waals surface area contributed by atoms with Gasteiger partial charge < -0.3 is 4.42 Å². The molecule has 0 saturated carbocycles. The SMILES string of the molecule is c1ccc(-c2nc(-c3ccc4ccccc4c3)nc(-c3cccc4ccc5c6ccccc6oc5c34)n2)cc1. The van der Waals surface area contributed by atoms with Crippen molar-refractivity contribution < 1.29 is 4.42 Å². The highest BCUT2D eigenvalue weighted by atomic mass is 16.3. The van der Waals surface area contributed by atoms with Gasteiger partial charge in [-0.3, -0.25) is 0 Å². The van der Waals surface area contributed by atoms with Crippen LogP contribution in [0, 0.1) is 0 Å². The number of benzene rings is 6. The Morgan fingerprint density at radius 3 is 2.03 bits per heavy atom. The van der Waals surface area contributed by atoms with Gasteiger partial charge in [-0.2, -0.15) is 0 Å². The highest BCUT2D eigenvalue weighted by Crippen LogP contribution is 2.38. The summed E-state index contributed by atoms with van der Waals surface area (Å²) in [5, 5.41) is 6.58. The number of para-hydroxylation sites is 1. The molecule has 4 nitrogen and oxygen atoms in total. The summed E-state index contributed by atoms with van der Waals surface area (Å²) in [5.41, 5.74) is 4.52. The Morgan fingerprint density at radius 1 is 0.436 bits per heavy atom. The van der Waals surface area contributed by atoms with Gasteiger partial charge in [0.2, 0.25) is 0 Å². The Labute approximate surface area is 224 Å². The normalized spacial score (nSPS) is 11.6. The lowest BCUT2D eigenvalue weighted by molar-refractivity contribution is 0.672. The maximum Gasteiger partial charge on any atom is 0.164 e. The van der Waals surface area contributed by atoms with Crippen molar-refractivity contribution in [2.24, 2.45) is 0 Å². The van der Waals surface area contributed by atoms with Gasteiger partial charge in [0, 0.05) is 32.8 Å². The Bertz CT molecular complexity index is 2180. The molecular weight excluding hydrogens is 478 g/mol. The van der Waals surface area contributed by atoms with E-state index in [0.29, 0.717) is 17.5 Å². The van der Waals surface area contributed by atoms with E-state index >= 15 is 0 Å². The lowest BCUT2D eigenvalue weighted by Gasteiger charge is -2.11. The molecule has 0 fully saturated rings. The Kier molecular flexibility index (Phi) is 4.79. The van der Waals surface area contributed by atoms with E-state index in [1.54, 1.807) is 0 Å². The summed E-state index contributed by atoms with van der Waals surface area (Å²) in [7, 11) is 0. The van der Waals surface area contributed by atoms with Crippen LogP contribution >= 0.6 is 0 Å². The highest BCUT2D eigenvalue weighted by molar-refractivity contribution is 6.18. The summed E-state index contributed by atoms with van der Waals surface area (Å²) in [6.07, 6.45) is 0. The molecule has 0 saturated heterocycles. The number of rotatable bonds is 3. The molecule has 0 aliphatic heterocycles. The number of furan rings is 1. The summed E-state index contributed by atoms with van der Waals surface area (Å²) < 4.78 is 6.43. The van der Waals surface area contributed by atoms with Crippen LogP contribution in [0.25, 0.3) is 77.6 Å². The lowest BCUT2D eigenvalue weighted by atomic mass is 10.0. The molecule has 0 radical (unpaired) electrons. The monoisotopic (exact) mass is 499 g/mol. The third-order valence-electron chi connectivity index (χ3n) is 7.30. The smallest absolute Gasteiger partial charge is 0.164 e. The summed E-state index contributed by atoms with van der Waals surface area (Å²) in [5.74, 6) is 1.89. The Hall–Kier alpha value is -5.35. The lowest BCUT2D eigenvalue weighted by Crippen LogP contribution is -2.00. The van der Waals surface area contributed by atoms with E-state index < -0.39 is 0 Å². The topological polar surface area (TPSA) is 51.8 Å². The average Bonchev–Trinajstić information content (AvgIpc) is 3.40. The second-order valence-electron chi connectivity index (χ2n) is 9.68. The van der Waals surface area contributed by atoms with Gasteiger partial charge in [0.05, 0.1) is 0 Å². The molecule has 39 heavy (non-hydrogen) atoms. The third kappa shape index (κ3) is 3.57. The molecule has 0 aliphatic rings. The fraction of sp³-hybridized carbons (Fsp3) is 0. The molecule has 0 atom stereocenters. The van der Waals surface area contributed by atoms with Crippen LogP contribution < -0.4 is 0 Å². The second-order valence-corrected chi connectivity index (χ2v) is 9.68. The zero-order chi connectivity index (χ0) is 25.8. The molecule has 2 heterocycles. The first-order valence-corrected chi connectivity index (χ1v) is 13.0. The first-order valence-electron chi connectivity index (χ1n) is 13.0. The molecule has 4 heteroatoms. The molecule has 0 N–H and O–H groups in total. The number of hydrogen-bond donors (Lipinski definition) is 0. The molecule has 0 spiro atoms. The summed E-state index contributed by atoms with van der Waals surface area (Å²) in [4.78, 5) is 15.0. The number of fused-ring (bicyclic) bond motifs is 6. The standard InChI is InChI=1S/C35H21N3O/c1-2-10-24(11-3-1)33-36-34(26-18-17-22-9-4-5-12-25(22)21-26)38-35(37-33)29-15-8-13-23-19-20-28-27-14-6-7-16-30(27)39-32(28)31(23)29/h1-21H. The van der Waals surface area contributed by atoms with Crippen LogP contribution in [0.2, 0.25) is 0 Å². The van der Waals surface area contributed by atoms with Crippen molar-refractivity contribution >= 4 is 43.5 Å². The summed E-state index contributed by atoms with van der Waals surface area (Å²) in [6.45, 7) is 0. The molecule has 8 rings (SSSR count). The van der Waals surface area contributed by atoms with Gasteiger partial charge >= 0.3 is 0 Å². The minimum Gasteiger partial charge on any atom is -0.455 e. The molecule has 8 aromatic rings. The first kappa shape index (κ1) is 21.7. The van der Waals surface area contributed by atoms with E-state index in [0.717, 1.165) is 54.8 Å². The van der Waals surface area contributed by atoms with Crippen LogP contribution in [0.15, 0.2) is 132 Å². The zero-order valence-corrected chi connectivity index (χ0v) is 20.9.